The first-order valence-corrected chi connectivity index (χ1v) is 13.6. The molecule has 3 saturated carbocycles. The van der Waals surface area contributed by atoms with Gasteiger partial charge >= 0.3 is 0 Å². The van der Waals surface area contributed by atoms with Gasteiger partial charge in [0, 0.05) is 18.3 Å². The molecule has 3 fully saturated rings. The first-order chi connectivity index (χ1) is 14.8. The molecular weight excluding hydrogens is 364 g/mol. The minimum atomic E-state index is 0.616. The van der Waals surface area contributed by atoms with Crippen molar-refractivity contribution in [3.8, 4) is 0 Å². The molecule has 0 saturated heterocycles. The lowest BCUT2D eigenvalue weighted by molar-refractivity contribution is 0.156. The van der Waals surface area contributed by atoms with Gasteiger partial charge in [0.05, 0.1) is 0 Å². The van der Waals surface area contributed by atoms with Gasteiger partial charge in [-0.25, -0.2) is 9.97 Å². The van der Waals surface area contributed by atoms with E-state index in [0.29, 0.717) is 11.8 Å². The fourth-order valence-corrected chi connectivity index (χ4v) is 7.17. The summed E-state index contributed by atoms with van der Waals surface area (Å²) in [5.41, 5.74) is 1.42. The summed E-state index contributed by atoms with van der Waals surface area (Å²) in [5, 5.41) is 0. The highest BCUT2D eigenvalue weighted by atomic mass is 14.9. The van der Waals surface area contributed by atoms with Gasteiger partial charge in [-0.1, -0.05) is 52.4 Å². The van der Waals surface area contributed by atoms with Crippen molar-refractivity contribution in [3.05, 3.63) is 23.8 Å². The van der Waals surface area contributed by atoms with Crippen molar-refractivity contribution in [1.29, 1.82) is 0 Å². The van der Waals surface area contributed by atoms with Crippen LogP contribution in [0.15, 0.2) is 12.4 Å². The van der Waals surface area contributed by atoms with Gasteiger partial charge in [-0.3, -0.25) is 0 Å². The Hall–Kier alpha value is -0.920. The van der Waals surface area contributed by atoms with E-state index in [2.05, 4.69) is 26.2 Å². The van der Waals surface area contributed by atoms with Crippen molar-refractivity contribution < 1.29 is 0 Å². The van der Waals surface area contributed by atoms with E-state index in [1.807, 2.05) is 0 Å². The maximum atomic E-state index is 4.87. The molecule has 30 heavy (non-hydrogen) atoms. The molecule has 0 aliphatic heterocycles. The van der Waals surface area contributed by atoms with E-state index in [4.69, 9.17) is 9.97 Å². The second kappa shape index (κ2) is 11.1. The van der Waals surface area contributed by atoms with Crippen LogP contribution >= 0.6 is 0 Å². The number of rotatable bonds is 7. The molecular formula is C28H46N2. The Kier molecular flexibility index (Phi) is 8.24. The molecule has 2 heteroatoms. The molecule has 3 aliphatic rings. The first kappa shape index (κ1) is 22.3. The fraction of sp³-hybridized carbons (Fsp3) is 0.857. The smallest absolute Gasteiger partial charge is 0.131 e. The minimum Gasteiger partial charge on any atom is -0.241 e. The Morgan fingerprint density at radius 1 is 0.600 bits per heavy atom. The van der Waals surface area contributed by atoms with E-state index in [1.165, 1.54) is 108 Å². The largest absolute Gasteiger partial charge is 0.241 e. The molecule has 0 bridgehead atoms. The standard InChI is InChI=1S/C28H46N2/c1-3-5-21-7-11-23(12-8-21)24-15-17-25(18-16-24)27-19-29-28(30-20-27)26-13-9-22(6-4-2)10-14-26/h19-26H,3-18H2,1-2H3. The highest BCUT2D eigenvalue weighted by Crippen LogP contribution is 2.44. The summed E-state index contributed by atoms with van der Waals surface area (Å²) in [6, 6.07) is 0. The number of hydrogen-bond acceptors (Lipinski definition) is 2. The van der Waals surface area contributed by atoms with Crippen LogP contribution in [0.4, 0.5) is 0 Å². The Bertz CT molecular complexity index is 600. The average molecular weight is 411 g/mol. The maximum absolute atomic E-state index is 4.87. The molecule has 3 aliphatic carbocycles. The average Bonchev–Trinajstić information content (AvgIpc) is 2.81. The van der Waals surface area contributed by atoms with Crippen LogP contribution in [0.5, 0.6) is 0 Å². The zero-order chi connectivity index (χ0) is 20.8. The molecule has 4 rings (SSSR count). The first-order valence-electron chi connectivity index (χ1n) is 13.6. The predicted octanol–water partition coefficient (Wildman–Crippen LogP) is 8.43. The fourth-order valence-electron chi connectivity index (χ4n) is 7.17. The molecule has 0 atom stereocenters. The van der Waals surface area contributed by atoms with E-state index >= 15 is 0 Å². The van der Waals surface area contributed by atoms with Gasteiger partial charge in [-0.2, -0.15) is 0 Å². The molecule has 1 aromatic rings. The molecule has 0 amide bonds. The second-order valence-electron chi connectivity index (χ2n) is 11.1. The van der Waals surface area contributed by atoms with Gasteiger partial charge in [0.2, 0.25) is 0 Å². The van der Waals surface area contributed by atoms with E-state index in [0.717, 1.165) is 29.5 Å². The quantitative estimate of drug-likeness (QED) is 0.450. The van der Waals surface area contributed by atoms with Crippen molar-refractivity contribution in [2.45, 2.75) is 128 Å². The van der Waals surface area contributed by atoms with E-state index in [1.54, 1.807) is 0 Å². The van der Waals surface area contributed by atoms with Crippen LogP contribution < -0.4 is 0 Å². The summed E-state index contributed by atoms with van der Waals surface area (Å²) in [4.78, 5) is 9.74. The third kappa shape index (κ3) is 5.65. The Morgan fingerprint density at radius 3 is 1.53 bits per heavy atom. The van der Waals surface area contributed by atoms with Crippen molar-refractivity contribution in [3.63, 3.8) is 0 Å². The normalized spacial score (nSPS) is 35.3. The van der Waals surface area contributed by atoms with Crippen LogP contribution in [0.1, 0.15) is 140 Å². The van der Waals surface area contributed by atoms with E-state index < -0.39 is 0 Å². The zero-order valence-electron chi connectivity index (χ0n) is 19.8. The second-order valence-corrected chi connectivity index (χ2v) is 11.1. The Balaban J connectivity index is 1.23. The SMILES string of the molecule is CCCC1CCC(c2ncc(C3CCC(C4CCC(CCC)CC4)CC3)cn2)CC1. The number of hydrogen-bond donors (Lipinski definition) is 0. The van der Waals surface area contributed by atoms with Gasteiger partial charge in [0.25, 0.3) is 0 Å². The molecule has 0 spiro atoms. The van der Waals surface area contributed by atoms with Crippen LogP contribution in [0.2, 0.25) is 0 Å². The van der Waals surface area contributed by atoms with Crippen molar-refractivity contribution in [2.75, 3.05) is 0 Å². The molecule has 1 aromatic heterocycles. The summed E-state index contributed by atoms with van der Waals surface area (Å²) >= 11 is 0. The third-order valence-corrected chi connectivity index (χ3v) is 9.10. The van der Waals surface area contributed by atoms with Crippen LogP contribution in [0.3, 0.4) is 0 Å². The molecule has 0 radical (unpaired) electrons. The third-order valence-electron chi connectivity index (χ3n) is 9.10. The Labute approximate surface area is 186 Å². The Morgan fingerprint density at radius 2 is 1.03 bits per heavy atom. The van der Waals surface area contributed by atoms with Crippen LogP contribution in [-0.2, 0) is 0 Å². The van der Waals surface area contributed by atoms with E-state index in [-0.39, 0.29) is 0 Å². The molecule has 1 heterocycles. The van der Waals surface area contributed by atoms with Gasteiger partial charge < -0.3 is 0 Å². The highest BCUT2D eigenvalue weighted by Gasteiger charge is 2.31. The lowest BCUT2D eigenvalue weighted by Crippen LogP contribution is -2.25. The maximum Gasteiger partial charge on any atom is 0.131 e. The van der Waals surface area contributed by atoms with Crippen molar-refractivity contribution in [1.82, 2.24) is 9.97 Å². The topological polar surface area (TPSA) is 25.8 Å². The lowest BCUT2D eigenvalue weighted by atomic mass is 9.68. The summed E-state index contributed by atoms with van der Waals surface area (Å²) in [6.45, 7) is 4.67. The van der Waals surface area contributed by atoms with Gasteiger partial charge in [0.15, 0.2) is 0 Å². The summed E-state index contributed by atoms with van der Waals surface area (Å²) in [5.74, 6) is 6.49. The highest BCUT2D eigenvalue weighted by molar-refractivity contribution is 5.14. The minimum absolute atomic E-state index is 0.616. The monoisotopic (exact) mass is 410 g/mol. The lowest BCUT2D eigenvalue weighted by Gasteiger charge is -2.38. The van der Waals surface area contributed by atoms with Crippen LogP contribution in [0, 0.1) is 23.7 Å². The summed E-state index contributed by atoms with van der Waals surface area (Å²) < 4.78 is 0. The summed E-state index contributed by atoms with van der Waals surface area (Å²) in [7, 11) is 0. The molecule has 0 N–H and O–H groups in total. The van der Waals surface area contributed by atoms with E-state index in [9.17, 15) is 0 Å². The molecule has 168 valence electrons. The van der Waals surface area contributed by atoms with Crippen molar-refractivity contribution >= 4 is 0 Å². The van der Waals surface area contributed by atoms with Gasteiger partial charge in [-0.05, 0) is 99.4 Å². The number of aromatic nitrogens is 2. The molecule has 0 aromatic carbocycles. The summed E-state index contributed by atoms with van der Waals surface area (Å²) in [6.07, 6.45) is 27.0. The predicted molar refractivity (Wildman–Crippen MR) is 127 cm³/mol. The van der Waals surface area contributed by atoms with Gasteiger partial charge in [-0.15, -0.1) is 0 Å². The van der Waals surface area contributed by atoms with Gasteiger partial charge in [0.1, 0.15) is 5.82 Å². The molecule has 0 unspecified atom stereocenters. The molecule has 2 nitrogen and oxygen atoms in total. The number of nitrogens with zero attached hydrogens (tertiary/aromatic N) is 2. The van der Waals surface area contributed by atoms with Crippen molar-refractivity contribution in [2.24, 2.45) is 23.7 Å². The van der Waals surface area contributed by atoms with Crippen LogP contribution in [-0.4, -0.2) is 9.97 Å². The van der Waals surface area contributed by atoms with Crippen LogP contribution in [0.25, 0.3) is 0 Å². The zero-order valence-corrected chi connectivity index (χ0v) is 19.8.